The zero-order chi connectivity index (χ0) is 14.5. The molecule has 8 heteroatoms. The Morgan fingerprint density at radius 2 is 1.89 bits per heavy atom. The van der Waals surface area contributed by atoms with Crippen LogP contribution in [0.2, 0.25) is 0 Å². The molecule has 1 aliphatic carbocycles. The molecule has 0 aromatic carbocycles. The minimum absolute atomic E-state index is 0.366. The van der Waals surface area contributed by atoms with E-state index in [1.165, 1.54) is 0 Å². The zero-order valence-electron chi connectivity index (χ0n) is 11.2. The van der Waals surface area contributed by atoms with E-state index in [0.29, 0.717) is 5.33 Å². The highest BCUT2D eigenvalue weighted by Gasteiger charge is 2.35. The minimum atomic E-state index is -3.90. The number of rotatable bonds is 5. The molecule has 1 fully saturated rings. The van der Waals surface area contributed by atoms with Crippen molar-refractivity contribution < 1.29 is 17.9 Å². The maximum absolute atomic E-state index is 11.9. The van der Waals surface area contributed by atoms with Crippen molar-refractivity contribution in [2.45, 2.75) is 57.6 Å². The van der Waals surface area contributed by atoms with Crippen LogP contribution in [0.4, 0.5) is 4.79 Å². The molecule has 19 heavy (non-hydrogen) atoms. The summed E-state index contributed by atoms with van der Waals surface area (Å²) in [5.41, 5.74) is -0.512. The number of nitrogens with one attached hydrogen (secondary N) is 2. The number of halogens is 1. The first kappa shape index (κ1) is 16.7. The average Bonchev–Trinajstić information content (AvgIpc) is 2.27. The van der Waals surface area contributed by atoms with Crippen LogP contribution in [0, 0.1) is 0 Å². The van der Waals surface area contributed by atoms with Crippen molar-refractivity contribution in [2.75, 3.05) is 5.33 Å². The molecule has 6 nitrogen and oxygen atoms in total. The standard InChI is InChI=1S/C11H21BrN2O4S/c1-9(2)18-10(15)13-19(16,17)14-11(8-12)6-4-3-5-7-11/h9,14H,3-8H2,1-2H3,(H,13,15). The van der Waals surface area contributed by atoms with Gasteiger partial charge in [0, 0.05) is 10.9 Å². The molecular formula is C11H21BrN2O4S. The second-order valence-electron chi connectivity index (χ2n) is 5.14. The summed E-state index contributed by atoms with van der Waals surface area (Å²) >= 11 is 3.36. The summed E-state index contributed by atoms with van der Waals surface area (Å²) in [4.78, 5) is 11.3. The maximum atomic E-state index is 11.9. The van der Waals surface area contributed by atoms with E-state index < -0.39 is 21.8 Å². The van der Waals surface area contributed by atoms with E-state index >= 15 is 0 Å². The third-order valence-corrected chi connectivity index (χ3v) is 5.19. The summed E-state index contributed by atoms with van der Waals surface area (Å²) in [6.45, 7) is 3.31. The van der Waals surface area contributed by atoms with Gasteiger partial charge >= 0.3 is 16.3 Å². The van der Waals surface area contributed by atoms with Gasteiger partial charge in [-0.2, -0.15) is 13.1 Å². The molecule has 0 aromatic heterocycles. The number of hydrogen-bond acceptors (Lipinski definition) is 4. The lowest BCUT2D eigenvalue weighted by Gasteiger charge is -2.35. The molecule has 0 aromatic rings. The van der Waals surface area contributed by atoms with Crippen LogP contribution in [-0.4, -0.2) is 31.5 Å². The van der Waals surface area contributed by atoms with Gasteiger partial charge in [0.15, 0.2) is 0 Å². The highest BCUT2D eigenvalue weighted by Crippen LogP contribution is 2.30. The Kier molecular flexibility index (Phi) is 6.07. The smallest absolute Gasteiger partial charge is 0.422 e. The number of ether oxygens (including phenoxy) is 1. The predicted molar refractivity (Wildman–Crippen MR) is 76.4 cm³/mol. The molecule has 0 aliphatic heterocycles. The lowest BCUT2D eigenvalue weighted by Crippen LogP contribution is -2.55. The topological polar surface area (TPSA) is 84.5 Å². The summed E-state index contributed by atoms with van der Waals surface area (Å²) in [7, 11) is -3.90. The van der Waals surface area contributed by atoms with Crippen LogP contribution in [0.1, 0.15) is 46.0 Å². The average molecular weight is 357 g/mol. The van der Waals surface area contributed by atoms with Crippen molar-refractivity contribution in [2.24, 2.45) is 0 Å². The fraction of sp³-hybridized carbons (Fsp3) is 0.909. The van der Waals surface area contributed by atoms with Gasteiger partial charge in [-0.25, -0.2) is 9.52 Å². The Labute approximate surface area is 123 Å². The summed E-state index contributed by atoms with van der Waals surface area (Å²) < 4.78 is 33.0. The fourth-order valence-electron chi connectivity index (χ4n) is 2.15. The Bertz CT molecular complexity index is 405. The summed E-state index contributed by atoms with van der Waals surface area (Å²) in [5.74, 6) is 0. The molecule has 0 spiro atoms. The van der Waals surface area contributed by atoms with Crippen molar-refractivity contribution in [3.05, 3.63) is 0 Å². The lowest BCUT2D eigenvalue weighted by atomic mass is 9.84. The first-order chi connectivity index (χ1) is 8.79. The highest BCUT2D eigenvalue weighted by molar-refractivity contribution is 9.09. The first-order valence-electron chi connectivity index (χ1n) is 6.37. The van der Waals surface area contributed by atoms with Gasteiger partial charge in [-0.1, -0.05) is 35.2 Å². The SMILES string of the molecule is CC(C)OC(=O)NS(=O)(=O)NC1(CBr)CCCCC1. The highest BCUT2D eigenvalue weighted by atomic mass is 79.9. The Morgan fingerprint density at radius 1 is 1.32 bits per heavy atom. The van der Waals surface area contributed by atoms with Crippen molar-refractivity contribution >= 4 is 32.2 Å². The monoisotopic (exact) mass is 356 g/mol. The predicted octanol–water partition coefficient (Wildman–Crippen LogP) is 2.05. The molecule has 0 unspecified atom stereocenters. The molecule has 0 heterocycles. The molecule has 1 rings (SSSR count). The Hall–Kier alpha value is -0.340. The number of carbonyl (C=O) groups excluding carboxylic acids is 1. The van der Waals surface area contributed by atoms with E-state index in [4.69, 9.17) is 4.74 Å². The number of alkyl halides is 1. The van der Waals surface area contributed by atoms with Crippen LogP contribution in [0.5, 0.6) is 0 Å². The van der Waals surface area contributed by atoms with Crippen LogP contribution >= 0.6 is 15.9 Å². The van der Waals surface area contributed by atoms with E-state index in [1.54, 1.807) is 13.8 Å². The summed E-state index contributed by atoms with van der Waals surface area (Å²) in [5, 5.41) is 0.528. The van der Waals surface area contributed by atoms with Gasteiger partial charge in [0.2, 0.25) is 0 Å². The van der Waals surface area contributed by atoms with Gasteiger partial charge in [0.05, 0.1) is 6.10 Å². The quantitative estimate of drug-likeness (QED) is 0.738. The molecule has 1 aliphatic rings. The molecule has 0 bridgehead atoms. The third-order valence-electron chi connectivity index (χ3n) is 2.98. The van der Waals surface area contributed by atoms with Crippen molar-refractivity contribution in [3.8, 4) is 0 Å². The van der Waals surface area contributed by atoms with Crippen LogP contribution in [-0.2, 0) is 14.9 Å². The van der Waals surface area contributed by atoms with Gasteiger partial charge in [0.25, 0.3) is 0 Å². The second-order valence-corrected chi connectivity index (χ2v) is 7.11. The van der Waals surface area contributed by atoms with Crippen molar-refractivity contribution in [1.82, 2.24) is 9.44 Å². The van der Waals surface area contributed by atoms with E-state index in [1.807, 2.05) is 4.72 Å². The summed E-state index contributed by atoms with van der Waals surface area (Å²) in [6.07, 6.45) is 3.27. The van der Waals surface area contributed by atoms with Gasteiger partial charge in [-0.15, -0.1) is 0 Å². The second kappa shape index (κ2) is 6.90. The lowest BCUT2D eigenvalue weighted by molar-refractivity contribution is 0.121. The molecule has 112 valence electrons. The molecule has 1 saturated carbocycles. The third kappa shape index (κ3) is 5.66. The maximum Gasteiger partial charge on any atom is 0.422 e. The Balaban J connectivity index is 2.64. The van der Waals surface area contributed by atoms with Crippen LogP contribution < -0.4 is 9.44 Å². The van der Waals surface area contributed by atoms with Crippen molar-refractivity contribution in [1.29, 1.82) is 0 Å². The van der Waals surface area contributed by atoms with E-state index in [9.17, 15) is 13.2 Å². The molecule has 0 atom stereocenters. The van der Waals surface area contributed by atoms with E-state index in [-0.39, 0.29) is 6.10 Å². The molecular weight excluding hydrogens is 336 g/mol. The van der Waals surface area contributed by atoms with Crippen LogP contribution in [0.15, 0.2) is 0 Å². The number of carbonyl (C=O) groups is 1. The first-order valence-corrected chi connectivity index (χ1v) is 8.97. The van der Waals surface area contributed by atoms with E-state index in [0.717, 1.165) is 32.1 Å². The fourth-order valence-corrected chi connectivity index (χ4v) is 4.20. The van der Waals surface area contributed by atoms with Gasteiger partial charge < -0.3 is 4.74 Å². The van der Waals surface area contributed by atoms with Gasteiger partial charge in [-0.3, -0.25) is 0 Å². The van der Waals surface area contributed by atoms with Crippen molar-refractivity contribution in [3.63, 3.8) is 0 Å². The normalized spacial score (nSPS) is 19.2. The molecule has 0 saturated heterocycles. The number of amides is 1. The molecule has 1 amide bonds. The van der Waals surface area contributed by atoms with Crippen LogP contribution in [0.25, 0.3) is 0 Å². The van der Waals surface area contributed by atoms with E-state index in [2.05, 4.69) is 20.7 Å². The Morgan fingerprint density at radius 3 is 2.37 bits per heavy atom. The van der Waals surface area contributed by atoms with Gasteiger partial charge in [-0.05, 0) is 26.7 Å². The van der Waals surface area contributed by atoms with Gasteiger partial charge in [0.1, 0.15) is 0 Å². The number of hydrogen-bond donors (Lipinski definition) is 2. The molecule has 2 N–H and O–H groups in total. The molecule has 0 radical (unpaired) electrons. The summed E-state index contributed by atoms with van der Waals surface area (Å²) in [6, 6.07) is 0. The zero-order valence-corrected chi connectivity index (χ0v) is 13.6. The minimum Gasteiger partial charge on any atom is -0.446 e. The largest absolute Gasteiger partial charge is 0.446 e. The van der Waals surface area contributed by atoms with Crippen LogP contribution in [0.3, 0.4) is 0 Å².